The number of aliphatic imine (C=N–C) groups is 1. The third-order valence-corrected chi connectivity index (χ3v) is 4.29. The summed E-state index contributed by atoms with van der Waals surface area (Å²) in [5.74, 6) is 1.91. The summed E-state index contributed by atoms with van der Waals surface area (Å²) in [6, 6.07) is 4.02. The topological polar surface area (TPSA) is 81.8 Å². The second-order valence-corrected chi connectivity index (χ2v) is 6.70. The van der Waals surface area contributed by atoms with Crippen LogP contribution in [0.15, 0.2) is 23.3 Å². The fourth-order valence-electron chi connectivity index (χ4n) is 2.90. The Labute approximate surface area is 144 Å². The molecule has 134 valence electrons. The molecule has 0 aliphatic heterocycles. The van der Waals surface area contributed by atoms with Gasteiger partial charge in [-0.1, -0.05) is 6.92 Å². The van der Waals surface area contributed by atoms with E-state index in [1.54, 1.807) is 13.3 Å². The number of pyridine rings is 1. The van der Waals surface area contributed by atoms with Crippen LogP contribution in [-0.2, 0) is 11.3 Å². The number of methoxy groups -OCH3 is 1. The summed E-state index contributed by atoms with van der Waals surface area (Å²) in [6.07, 6.45) is 6.74. The Balaban J connectivity index is 1.85. The fraction of sp³-hybridized carbons (Fsp3) is 0.667. The molecule has 1 aromatic heterocycles. The lowest BCUT2D eigenvalue weighted by Crippen LogP contribution is -2.40. The zero-order valence-corrected chi connectivity index (χ0v) is 15.0. The minimum absolute atomic E-state index is 0.128. The van der Waals surface area contributed by atoms with Gasteiger partial charge in [-0.15, -0.1) is 0 Å². The molecule has 0 spiro atoms. The van der Waals surface area contributed by atoms with Gasteiger partial charge in [0.2, 0.25) is 5.88 Å². The summed E-state index contributed by atoms with van der Waals surface area (Å²) >= 11 is 0. The molecule has 2 rings (SSSR count). The lowest BCUT2D eigenvalue weighted by molar-refractivity contribution is 0.130. The molecule has 1 aliphatic rings. The standard InChI is InChI=1S/C18H30N4O2/c1-13-4-6-16(7-5-13)24-17-10-15(8-9-20-17)11-21-18(19)22-14(2)12-23-3/h8-10,13-14,16H,4-7,11-12H2,1-3H3,(H3,19,21,22). The molecule has 1 atom stereocenters. The predicted octanol–water partition coefficient (Wildman–Crippen LogP) is 2.48. The van der Waals surface area contributed by atoms with E-state index < -0.39 is 0 Å². The Morgan fingerprint density at radius 3 is 2.88 bits per heavy atom. The summed E-state index contributed by atoms with van der Waals surface area (Å²) in [5, 5.41) is 3.09. The molecule has 0 saturated heterocycles. The first-order valence-corrected chi connectivity index (χ1v) is 8.73. The molecule has 0 aromatic carbocycles. The van der Waals surface area contributed by atoms with Crippen molar-refractivity contribution in [1.29, 1.82) is 0 Å². The van der Waals surface area contributed by atoms with E-state index in [9.17, 15) is 0 Å². The first-order valence-electron chi connectivity index (χ1n) is 8.73. The molecule has 1 aromatic rings. The molecule has 1 heterocycles. The Hall–Kier alpha value is -1.82. The van der Waals surface area contributed by atoms with Crippen molar-refractivity contribution >= 4 is 5.96 Å². The minimum Gasteiger partial charge on any atom is -0.474 e. The molecule has 6 nitrogen and oxygen atoms in total. The third kappa shape index (κ3) is 6.35. The number of ether oxygens (including phenoxy) is 2. The molecule has 1 fully saturated rings. The second-order valence-electron chi connectivity index (χ2n) is 6.70. The van der Waals surface area contributed by atoms with Gasteiger partial charge in [-0.3, -0.25) is 0 Å². The van der Waals surface area contributed by atoms with Crippen LogP contribution in [0.4, 0.5) is 0 Å². The lowest BCUT2D eigenvalue weighted by atomic mass is 9.89. The molecule has 1 saturated carbocycles. The van der Waals surface area contributed by atoms with Crippen molar-refractivity contribution in [2.24, 2.45) is 16.6 Å². The van der Waals surface area contributed by atoms with Crippen LogP contribution < -0.4 is 15.8 Å². The number of hydrogen-bond donors (Lipinski definition) is 2. The highest BCUT2D eigenvalue weighted by Gasteiger charge is 2.19. The smallest absolute Gasteiger partial charge is 0.213 e. The van der Waals surface area contributed by atoms with Gasteiger partial charge in [0.15, 0.2) is 5.96 Å². The van der Waals surface area contributed by atoms with Crippen molar-refractivity contribution in [3.05, 3.63) is 23.9 Å². The molecule has 24 heavy (non-hydrogen) atoms. The van der Waals surface area contributed by atoms with Crippen LogP contribution in [0.1, 0.15) is 45.1 Å². The van der Waals surface area contributed by atoms with Crippen molar-refractivity contribution in [2.75, 3.05) is 13.7 Å². The van der Waals surface area contributed by atoms with Gasteiger partial charge in [0.05, 0.1) is 13.2 Å². The molecule has 1 aliphatic carbocycles. The average Bonchev–Trinajstić information content (AvgIpc) is 2.56. The Bertz CT molecular complexity index is 528. The zero-order chi connectivity index (χ0) is 17.4. The first kappa shape index (κ1) is 18.5. The highest BCUT2D eigenvalue weighted by molar-refractivity contribution is 5.78. The van der Waals surface area contributed by atoms with Gasteiger partial charge in [0.1, 0.15) is 6.10 Å². The summed E-state index contributed by atoms with van der Waals surface area (Å²) in [6.45, 7) is 5.39. The maximum atomic E-state index is 6.02. The van der Waals surface area contributed by atoms with Crippen molar-refractivity contribution in [1.82, 2.24) is 10.3 Å². The highest BCUT2D eigenvalue weighted by atomic mass is 16.5. The fourth-order valence-corrected chi connectivity index (χ4v) is 2.90. The van der Waals surface area contributed by atoms with E-state index in [0.29, 0.717) is 25.0 Å². The zero-order valence-electron chi connectivity index (χ0n) is 15.0. The number of aromatic nitrogens is 1. The van der Waals surface area contributed by atoms with E-state index in [2.05, 4.69) is 22.2 Å². The predicted molar refractivity (Wildman–Crippen MR) is 96.1 cm³/mol. The Morgan fingerprint density at radius 2 is 2.17 bits per heavy atom. The summed E-state index contributed by atoms with van der Waals surface area (Å²) in [5.41, 5.74) is 6.93. The van der Waals surface area contributed by atoms with Crippen molar-refractivity contribution in [3.8, 4) is 5.88 Å². The molecular weight excluding hydrogens is 304 g/mol. The highest BCUT2D eigenvalue weighted by Crippen LogP contribution is 2.26. The lowest BCUT2D eigenvalue weighted by Gasteiger charge is -2.26. The normalized spacial score (nSPS) is 22.9. The molecule has 0 amide bonds. The van der Waals surface area contributed by atoms with Crippen LogP contribution in [0.2, 0.25) is 0 Å². The SMILES string of the molecule is COCC(C)NC(N)=NCc1ccnc(OC2CCC(C)CC2)c1. The van der Waals surface area contributed by atoms with Crippen LogP contribution >= 0.6 is 0 Å². The number of hydrogen-bond acceptors (Lipinski definition) is 4. The van der Waals surface area contributed by atoms with Crippen LogP contribution in [0.25, 0.3) is 0 Å². The van der Waals surface area contributed by atoms with Crippen LogP contribution in [0.3, 0.4) is 0 Å². The molecule has 6 heteroatoms. The molecular formula is C18H30N4O2. The third-order valence-electron chi connectivity index (χ3n) is 4.29. The number of nitrogens with one attached hydrogen (secondary N) is 1. The number of rotatable bonds is 7. The van der Waals surface area contributed by atoms with Crippen molar-refractivity contribution in [2.45, 2.75) is 58.2 Å². The van der Waals surface area contributed by atoms with E-state index >= 15 is 0 Å². The Kier molecular flexibility index (Phi) is 7.31. The van der Waals surface area contributed by atoms with Crippen LogP contribution in [-0.4, -0.2) is 36.8 Å². The van der Waals surface area contributed by atoms with Gasteiger partial charge < -0.3 is 20.5 Å². The number of nitrogens with zero attached hydrogens (tertiary/aromatic N) is 2. The monoisotopic (exact) mass is 334 g/mol. The molecule has 0 radical (unpaired) electrons. The summed E-state index contributed by atoms with van der Waals surface area (Å²) in [4.78, 5) is 8.68. The van der Waals surface area contributed by atoms with E-state index in [4.69, 9.17) is 15.2 Å². The second kappa shape index (κ2) is 9.47. The van der Waals surface area contributed by atoms with Crippen LogP contribution in [0.5, 0.6) is 5.88 Å². The van der Waals surface area contributed by atoms with E-state index in [0.717, 1.165) is 24.3 Å². The quantitative estimate of drug-likeness (QED) is 0.591. The number of nitrogens with two attached hydrogens (primary N) is 1. The van der Waals surface area contributed by atoms with Gasteiger partial charge >= 0.3 is 0 Å². The first-order chi connectivity index (χ1) is 11.6. The molecule has 1 unspecified atom stereocenters. The molecule has 0 bridgehead atoms. The van der Waals surface area contributed by atoms with Crippen LogP contribution in [0, 0.1) is 5.92 Å². The van der Waals surface area contributed by atoms with E-state index in [-0.39, 0.29) is 12.1 Å². The largest absolute Gasteiger partial charge is 0.474 e. The summed E-state index contributed by atoms with van der Waals surface area (Å²) < 4.78 is 11.1. The average molecular weight is 334 g/mol. The maximum absolute atomic E-state index is 6.02. The maximum Gasteiger partial charge on any atom is 0.213 e. The van der Waals surface area contributed by atoms with Gasteiger partial charge in [-0.2, -0.15) is 0 Å². The van der Waals surface area contributed by atoms with Gasteiger partial charge in [-0.05, 0) is 50.2 Å². The van der Waals surface area contributed by atoms with E-state index in [1.807, 2.05) is 19.1 Å². The Morgan fingerprint density at radius 1 is 1.42 bits per heavy atom. The van der Waals surface area contributed by atoms with Gasteiger partial charge in [0.25, 0.3) is 0 Å². The minimum atomic E-state index is 0.128. The van der Waals surface area contributed by atoms with Gasteiger partial charge in [0, 0.05) is 25.4 Å². The molecule has 3 N–H and O–H groups in total. The van der Waals surface area contributed by atoms with Crippen molar-refractivity contribution < 1.29 is 9.47 Å². The summed E-state index contributed by atoms with van der Waals surface area (Å²) in [7, 11) is 1.66. The van der Waals surface area contributed by atoms with Gasteiger partial charge in [-0.25, -0.2) is 9.98 Å². The number of guanidine groups is 1. The van der Waals surface area contributed by atoms with E-state index in [1.165, 1.54) is 12.8 Å². The van der Waals surface area contributed by atoms with Crippen molar-refractivity contribution in [3.63, 3.8) is 0 Å².